The van der Waals surface area contributed by atoms with Crippen LogP contribution in [0.2, 0.25) is 0 Å². The lowest BCUT2D eigenvalue weighted by molar-refractivity contribution is 0.0530. The number of ether oxygens (including phenoxy) is 1. The quantitative estimate of drug-likeness (QED) is 0.748. The number of morpholine rings is 1. The first-order chi connectivity index (χ1) is 8.34. The lowest BCUT2D eigenvalue weighted by atomic mass is 10.2. The van der Waals surface area contributed by atoms with E-state index in [0.717, 1.165) is 36.4 Å². The molecule has 1 fully saturated rings. The van der Waals surface area contributed by atoms with E-state index >= 15 is 0 Å². The van der Waals surface area contributed by atoms with Gasteiger partial charge in [0.05, 0.1) is 18.2 Å². The van der Waals surface area contributed by atoms with E-state index in [2.05, 4.69) is 27.9 Å². The van der Waals surface area contributed by atoms with Crippen molar-refractivity contribution in [3.05, 3.63) is 30.6 Å². The van der Waals surface area contributed by atoms with Gasteiger partial charge in [-0.15, -0.1) is 0 Å². The molecule has 3 rings (SSSR count). The van der Waals surface area contributed by atoms with E-state index < -0.39 is 0 Å². The van der Waals surface area contributed by atoms with Crippen LogP contribution in [0.4, 0.5) is 5.82 Å². The van der Waals surface area contributed by atoms with Crippen LogP contribution in [-0.2, 0) is 4.74 Å². The van der Waals surface area contributed by atoms with Crippen LogP contribution < -0.4 is 4.90 Å². The second-order valence-corrected chi connectivity index (χ2v) is 4.34. The van der Waals surface area contributed by atoms with Gasteiger partial charge in [0.1, 0.15) is 12.1 Å². The first-order valence-electron chi connectivity index (χ1n) is 5.91. The summed E-state index contributed by atoms with van der Waals surface area (Å²) in [5.74, 6) is 1.02. The Morgan fingerprint density at radius 1 is 1.29 bits per heavy atom. The summed E-state index contributed by atoms with van der Waals surface area (Å²) in [6.07, 6.45) is 1.90. The van der Waals surface area contributed by atoms with Crippen molar-refractivity contribution in [1.29, 1.82) is 0 Å². The van der Waals surface area contributed by atoms with Crippen LogP contribution in [0.15, 0.2) is 30.6 Å². The Morgan fingerprint density at radius 2 is 2.18 bits per heavy atom. The van der Waals surface area contributed by atoms with Gasteiger partial charge in [0.25, 0.3) is 0 Å². The molecule has 1 aliphatic rings. The third-order valence-corrected chi connectivity index (χ3v) is 3.06. The number of anilines is 1. The fourth-order valence-electron chi connectivity index (χ4n) is 2.25. The van der Waals surface area contributed by atoms with Crippen molar-refractivity contribution >= 4 is 16.7 Å². The zero-order valence-electron chi connectivity index (χ0n) is 9.84. The molecule has 1 saturated heterocycles. The monoisotopic (exact) mass is 229 g/mol. The summed E-state index contributed by atoms with van der Waals surface area (Å²) in [6, 6.07) is 8.12. The molecule has 0 aliphatic carbocycles. The highest BCUT2D eigenvalue weighted by Crippen LogP contribution is 2.23. The topological polar surface area (TPSA) is 38.2 Å². The van der Waals surface area contributed by atoms with Crippen LogP contribution in [0, 0.1) is 0 Å². The summed E-state index contributed by atoms with van der Waals surface area (Å²) in [5.41, 5.74) is 0.997. The van der Waals surface area contributed by atoms with Gasteiger partial charge in [-0.1, -0.05) is 12.1 Å². The molecular formula is C13H15N3O. The van der Waals surface area contributed by atoms with E-state index in [1.165, 1.54) is 0 Å². The normalized spacial score (nSPS) is 20.8. The molecule has 88 valence electrons. The van der Waals surface area contributed by atoms with Crippen molar-refractivity contribution in [1.82, 2.24) is 9.97 Å². The summed E-state index contributed by atoms with van der Waals surface area (Å²) in [4.78, 5) is 11.0. The van der Waals surface area contributed by atoms with Crippen LogP contribution in [0.1, 0.15) is 6.92 Å². The van der Waals surface area contributed by atoms with Crippen molar-refractivity contribution in [3.8, 4) is 0 Å². The van der Waals surface area contributed by atoms with E-state index in [1.54, 1.807) is 6.33 Å². The van der Waals surface area contributed by atoms with Crippen LogP contribution in [0.5, 0.6) is 0 Å². The minimum Gasteiger partial charge on any atom is -0.375 e. The average molecular weight is 229 g/mol. The van der Waals surface area contributed by atoms with E-state index in [1.807, 2.05) is 18.2 Å². The molecule has 0 saturated carbocycles. The predicted octanol–water partition coefficient (Wildman–Crippen LogP) is 1.85. The number of hydrogen-bond donors (Lipinski definition) is 0. The Kier molecular flexibility index (Phi) is 2.65. The zero-order chi connectivity index (χ0) is 11.7. The second-order valence-electron chi connectivity index (χ2n) is 4.34. The van der Waals surface area contributed by atoms with Crippen LogP contribution >= 0.6 is 0 Å². The van der Waals surface area contributed by atoms with Gasteiger partial charge >= 0.3 is 0 Å². The number of aromatic nitrogens is 2. The van der Waals surface area contributed by atoms with E-state index in [4.69, 9.17) is 4.74 Å². The number of hydrogen-bond acceptors (Lipinski definition) is 4. The lowest BCUT2D eigenvalue weighted by Gasteiger charge is -2.32. The molecule has 1 unspecified atom stereocenters. The number of benzene rings is 1. The van der Waals surface area contributed by atoms with Gasteiger partial charge < -0.3 is 9.64 Å². The molecule has 0 N–H and O–H groups in total. The number of para-hydroxylation sites is 1. The molecule has 1 aromatic heterocycles. The van der Waals surface area contributed by atoms with Crippen LogP contribution in [0.3, 0.4) is 0 Å². The van der Waals surface area contributed by atoms with Gasteiger partial charge in [-0.3, -0.25) is 0 Å². The molecule has 2 heterocycles. The molecule has 2 aromatic rings. The molecule has 1 aliphatic heterocycles. The average Bonchev–Trinajstić information content (AvgIpc) is 2.38. The summed E-state index contributed by atoms with van der Waals surface area (Å²) >= 11 is 0. The summed E-state index contributed by atoms with van der Waals surface area (Å²) in [7, 11) is 0. The summed E-state index contributed by atoms with van der Waals surface area (Å²) in [5, 5.41) is 1.11. The fourth-order valence-corrected chi connectivity index (χ4v) is 2.25. The van der Waals surface area contributed by atoms with Gasteiger partial charge in [0.2, 0.25) is 0 Å². The molecule has 0 amide bonds. The van der Waals surface area contributed by atoms with Crippen molar-refractivity contribution < 1.29 is 4.74 Å². The van der Waals surface area contributed by atoms with Gasteiger partial charge in [0.15, 0.2) is 0 Å². The third-order valence-electron chi connectivity index (χ3n) is 3.06. The molecule has 4 nitrogen and oxygen atoms in total. The second kappa shape index (κ2) is 4.30. The molecule has 4 heteroatoms. The molecule has 1 atom stereocenters. The third kappa shape index (κ3) is 1.96. The SMILES string of the molecule is CC1CN(c2ncnc3ccccc23)CCO1. The van der Waals surface area contributed by atoms with E-state index in [-0.39, 0.29) is 6.10 Å². The smallest absolute Gasteiger partial charge is 0.140 e. The molecule has 1 aromatic carbocycles. The fraction of sp³-hybridized carbons (Fsp3) is 0.385. The number of fused-ring (bicyclic) bond motifs is 1. The Bertz CT molecular complexity index is 524. The van der Waals surface area contributed by atoms with Gasteiger partial charge in [0, 0.05) is 18.5 Å². The largest absolute Gasteiger partial charge is 0.375 e. The minimum absolute atomic E-state index is 0.262. The summed E-state index contributed by atoms with van der Waals surface area (Å²) in [6.45, 7) is 4.64. The highest BCUT2D eigenvalue weighted by atomic mass is 16.5. The van der Waals surface area contributed by atoms with Gasteiger partial charge in [-0.25, -0.2) is 9.97 Å². The Balaban J connectivity index is 2.04. The Morgan fingerprint density at radius 3 is 3.06 bits per heavy atom. The first-order valence-corrected chi connectivity index (χ1v) is 5.91. The molecule has 0 radical (unpaired) electrons. The molecular weight excluding hydrogens is 214 g/mol. The summed E-state index contributed by atoms with van der Waals surface area (Å²) < 4.78 is 5.56. The lowest BCUT2D eigenvalue weighted by Crippen LogP contribution is -2.41. The van der Waals surface area contributed by atoms with Gasteiger partial charge in [-0.05, 0) is 19.1 Å². The predicted molar refractivity (Wildman–Crippen MR) is 67.2 cm³/mol. The van der Waals surface area contributed by atoms with Crippen molar-refractivity contribution in [2.45, 2.75) is 13.0 Å². The standard InChI is InChI=1S/C13H15N3O/c1-10-8-16(6-7-17-10)13-11-4-2-3-5-12(11)14-9-15-13/h2-5,9-10H,6-8H2,1H3. The zero-order valence-corrected chi connectivity index (χ0v) is 9.84. The number of rotatable bonds is 1. The Hall–Kier alpha value is -1.68. The van der Waals surface area contributed by atoms with Crippen LogP contribution in [-0.4, -0.2) is 35.8 Å². The van der Waals surface area contributed by atoms with Crippen LogP contribution in [0.25, 0.3) is 10.9 Å². The van der Waals surface area contributed by atoms with Crippen molar-refractivity contribution in [2.24, 2.45) is 0 Å². The molecule has 17 heavy (non-hydrogen) atoms. The van der Waals surface area contributed by atoms with E-state index in [0.29, 0.717) is 0 Å². The maximum Gasteiger partial charge on any atom is 0.140 e. The first kappa shape index (κ1) is 10.5. The van der Waals surface area contributed by atoms with Gasteiger partial charge in [-0.2, -0.15) is 0 Å². The van der Waals surface area contributed by atoms with E-state index in [9.17, 15) is 0 Å². The number of nitrogens with zero attached hydrogens (tertiary/aromatic N) is 3. The van der Waals surface area contributed by atoms with Crippen molar-refractivity contribution in [3.63, 3.8) is 0 Å². The molecule has 0 spiro atoms. The highest BCUT2D eigenvalue weighted by Gasteiger charge is 2.19. The highest BCUT2D eigenvalue weighted by molar-refractivity contribution is 5.89. The molecule has 0 bridgehead atoms. The maximum absolute atomic E-state index is 5.56. The van der Waals surface area contributed by atoms with Crippen molar-refractivity contribution in [2.75, 3.05) is 24.6 Å². The maximum atomic E-state index is 5.56. The Labute approximate surface area is 100 Å². The minimum atomic E-state index is 0.262.